The molecule has 0 saturated carbocycles. The topological polar surface area (TPSA) is 53.6 Å². The van der Waals surface area contributed by atoms with Crippen LogP contribution in [0.2, 0.25) is 0 Å². The Kier molecular flexibility index (Phi) is 6.80. The summed E-state index contributed by atoms with van der Waals surface area (Å²) in [6.07, 6.45) is 2.23. The van der Waals surface area contributed by atoms with Crippen LogP contribution in [0.4, 0.5) is 15.8 Å². The number of likely N-dealkylation sites (N-methyl/N-ethyl adjacent to an activating group) is 1. The highest BCUT2D eigenvalue weighted by molar-refractivity contribution is 5.92. The van der Waals surface area contributed by atoms with Crippen molar-refractivity contribution in [2.24, 2.45) is 0 Å². The summed E-state index contributed by atoms with van der Waals surface area (Å²) < 4.78 is 19.6. The first-order valence-corrected chi connectivity index (χ1v) is 8.29. The van der Waals surface area contributed by atoms with E-state index in [9.17, 15) is 9.18 Å². The van der Waals surface area contributed by atoms with E-state index in [0.29, 0.717) is 24.5 Å². The second-order valence-corrected chi connectivity index (χ2v) is 5.72. The van der Waals surface area contributed by atoms with Crippen molar-refractivity contribution in [3.8, 4) is 0 Å². The van der Waals surface area contributed by atoms with Gasteiger partial charge in [-0.2, -0.15) is 0 Å². The third-order valence-corrected chi connectivity index (χ3v) is 4.06. The number of halogens is 1. The minimum absolute atomic E-state index is 0.131. The molecule has 128 valence electrons. The Balaban J connectivity index is 1.86. The molecule has 1 atom stereocenters. The molecule has 0 bridgehead atoms. The molecule has 6 heteroatoms. The van der Waals surface area contributed by atoms with Crippen LogP contribution < -0.4 is 10.6 Å². The second-order valence-electron chi connectivity index (χ2n) is 5.72. The maximum atomic E-state index is 14.1. The molecule has 2 rings (SSSR count). The van der Waals surface area contributed by atoms with Crippen LogP contribution in [0.5, 0.6) is 0 Å². The first-order valence-electron chi connectivity index (χ1n) is 8.29. The summed E-state index contributed by atoms with van der Waals surface area (Å²) in [6, 6.07) is 4.70. The highest BCUT2D eigenvalue weighted by Crippen LogP contribution is 2.20. The molecule has 1 amide bonds. The van der Waals surface area contributed by atoms with E-state index >= 15 is 0 Å². The monoisotopic (exact) mass is 323 g/mol. The molecule has 0 aromatic heterocycles. The summed E-state index contributed by atoms with van der Waals surface area (Å²) in [5, 5.41) is 5.80. The van der Waals surface area contributed by atoms with Crippen LogP contribution in [0.25, 0.3) is 0 Å². The van der Waals surface area contributed by atoms with Crippen molar-refractivity contribution in [1.29, 1.82) is 0 Å². The summed E-state index contributed by atoms with van der Waals surface area (Å²) in [7, 11) is 0. The third-order valence-electron chi connectivity index (χ3n) is 4.06. The van der Waals surface area contributed by atoms with Gasteiger partial charge in [-0.3, -0.25) is 9.69 Å². The van der Waals surface area contributed by atoms with E-state index in [0.717, 1.165) is 32.5 Å². The first-order chi connectivity index (χ1) is 11.1. The summed E-state index contributed by atoms with van der Waals surface area (Å²) in [5.41, 5.74) is 0.907. The Hall–Kier alpha value is -1.66. The normalized spacial score (nSPS) is 17.5. The Morgan fingerprint density at radius 3 is 2.78 bits per heavy atom. The van der Waals surface area contributed by atoms with Crippen LogP contribution in [0.3, 0.4) is 0 Å². The molecule has 2 N–H and O–H groups in total. The zero-order valence-corrected chi connectivity index (χ0v) is 13.9. The van der Waals surface area contributed by atoms with Gasteiger partial charge in [0.15, 0.2) is 0 Å². The number of amides is 1. The fourth-order valence-corrected chi connectivity index (χ4v) is 2.62. The fraction of sp³-hybridized carbons (Fsp3) is 0.588. The maximum absolute atomic E-state index is 14.1. The third kappa shape index (κ3) is 5.48. The van der Waals surface area contributed by atoms with Crippen LogP contribution in [0, 0.1) is 5.82 Å². The standard InChI is InChI=1S/C17H26FN3O2/c1-3-21(4-2)12-17(22)20-13-7-8-16(15(18)10-13)19-11-14-6-5-9-23-14/h7-8,10,14,19H,3-6,9,11-12H2,1-2H3,(H,20,22)/t14-/m1/s1. The molecule has 0 radical (unpaired) electrons. The molecule has 23 heavy (non-hydrogen) atoms. The molecule has 1 aliphatic rings. The Morgan fingerprint density at radius 2 is 2.17 bits per heavy atom. The van der Waals surface area contributed by atoms with Crippen molar-refractivity contribution >= 4 is 17.3 Å². The lowest BCUT2D eigenvalue weighted by atomic mass is 10.2. The highest BCUT2D eigenvalue weighted by atomic mass is 19.1. The van der Waals surface area contributed by atoms with Crippen molar-refractivity contribution < 1.29 is 13.9 Å². The number of ether oxygens (including phenoxy) is 1. The number of nitrogens with zero attached hydrogens (tertiary/aromatic N) is 1. The molecular formula is C17H26FN3O2. The zero-order valence-electron chi connectivity index (χ0n) is 13.9. The predicted octanol–water partition coefficient (Wildman–Crippen LogP) is 2.70. The number of benzene rings is 1. The molecule has 1 aliphatic heterocycles. The zero-order chi connectivity index (χ0) is 16.7. The molecule has 1 aromatic rings. The van der Waals surface area contributed by atoms with Crippen LogP contribution >= 0.6 is 0 Å². The quantitative estimate of drug-likeness (QED) is 0.772. The fourth-order valence-electron chi connectivity index (χ4n) is 2.62. The van der Waals surface area contributed by atoms with Gasteiger partial charge in [-0.1, -0.05) is 13.8 Å². The van der Waals surface area contributed by atoms with E-state index in [1.54, 1.807) is 12.1 Å². The van der Waals surface area contributed by atoms with Crippen LogP contribution in [0.15, 0.2) is 18.2 Å². The number of anilines is 2. The summed E-state index contributed by atoms with van der Waals surface area (Å²) in [5.74, 6) is -0.503. The molecule has 1 heterocycles. The van der Waals surface area contributed by atoms with Gasteiger partial charge in [0.1, 0.15) is 5.82 Å². The lowest BCUT2D eigenvalue weighted by molar-refractivity contribution is -0.117. The molecule has 1 fully saturated rings. The lowest BCUT2D eigenvalue weighted by Gasteiger charge is -2.17. The van der Waals surface area contributed by atoms with Crippen LogP contribution in [0.1, 0.15) is 26.7 Å². The first kappa shape index (κ1) is 17.7. The number of hydrogen-bond acceptors (Lipinski definition) is 4. The van der Waals surface area contributed by atoms with Gasteiger partial charge in [0.2, 0.25) is 5.91 Å². The van der Waals surface area contributed by atoms with Gasteiger partial charge in [0, 0.05) is 18.8 Å². The lowest BCUT2D eigenvalue weighted by Crippen LogP contribution is -2.32. The minimum atomic E-state index is -0.372. The number of carbonyl (C=O) groups excluding carboxylic acids is 1. The molecule has 0 aliphatic carbocycles. The molecule has 1 aromatic carbocycles. The smallest absolute Gasteiger partial charge is 0.238 e. The van der Waals surface area contributed by atoms with Gasteiger partial charge in [-0.15, -0.1) is 0 Å². The molecule has 0 spiro atoms. The Morgan fingerprint density at radius 1 is 1.39 bits per heavy atom. The molecule has 5 nitrogen and oxygen atoms in total. The van der Waals surface area contributed by atoms with Gasteiger partial charge in [-0.25, -0.2) is 4.39 Å². The van der Waals surface area contributed by atoms with Gasteiger partial charge >= 0.3 is 0 Å². The largest absolute Gasteiger partial charge is 0.380 e. The molecule has 1 saturated heterocycles. The van der Waals surface area contributed by atoms with E-state index in [-0.39, 0.29) is 17.8 Å². The summed E-state index contributed by atoms with van der Waals surface area (Å²) >= 11 is 0. The predicted molar refractivity (Wildman–Crippen MR) is 90.3 cm³/mol. The van der Waals surface area contributed by atoms with Crippen molar-refractivity contribution in [3.05, 3.63) is 24.0 Å². The van der Waals surface area contributed by atoms with Crippen molar-refractivity contribution in [2.75, 3.05) is 43.4 Å². The summed E-state index contributed by atoms with van der Waals surface area (Å²) in [4.78, 5) is 13.9. The number of carbonyl (C=O) groups is 1. The van der Waals surface area contributed by atoms with E-state index in [1.165, 1.54) is 6.07 Å². The number of rotatable bonds is 8. The molecular weight excluding hydrogens is 297 g/mol. The van der Waals surface area contributed by atoms with E-state index in [1.807, 2.05) is 18.7 Å². The highest BCUT2D eigenvalue weighted by Gasteiger charge is 2.16. The van der Waals surface area contributed by atoms with Crippen molar-refractivity contribution in [2.45, 2.75) is 32.8 Å². The average Bonchev–Trinajstić information content (AvgIpc) is 3.05. The molecule has 0 unspecified atom stereocenters. The van der Waals surface area contributed by atoms with E-state index in [2.05, 4.69) is 10.6 Å². The van der Waals surface area contributed by atoms with Crippen LogP contribution in [-0.2, 0) is 9.53 Å². The van der Waals surface area contributed by atoms with E-state index in [4.69, 9.17) is 4.74 Å². The SMILES string of the molecule is CCN(CC)CC(=O)Nc1ccc(NC[C@H]2CCCO2)c(F)c1. The van der Waals surface area contributed by atoms with Crippen molar-refractivity contribution in [1.82, 2.24) is 4.90 Å². The summed E-state index contributed by atoms with van der Waals surface area (Å²) in [6.45, 7) is 7.33. The van der Waals surface area contributed by atoms with Gasteiger partial charge in [0.05, 0.1) is 18.3 Å². The number of nitrogens with one attached hydrogen (secondary N) is 2. The van der Waals surface area contributed by atoms with Crippen molar-refractivity contribution in [3.63, 3.8) is 0 Å². The average molecular weight is 323 g/mol. The van der Waals surface area contributed by atoms with E-state index < -0.39 is 0 Å². The maximum Gasteiger partial charge on any atom is 0.238 e. The van der Waals surface area contributed by atoms with Gasteiger partial charge in [-0.05, 0) is 44.1 Å². The van der Waals surface area contributed by atoms with Crippen LogP contribution in [-0.4, -0.2) is 49.7 Å². The number of hydrogen-bond donors (Lipinski definition) is 2. The van der Waals surface area contributed by atoms with Gasteiger partial charge < -0.3 is 15.4 Å². The Labute approximate surface area is 137 Å². The van der Waals surface area contributed by atoms with Gasteiger partial charge in [0.25, 0.3) is 0 Å². The Bertz CT molecular complexity index is 515. The second kappa shape index (κ2) is 8.84. The minimum Gasteiger partial charge on any atom is -0.380 e.